The first-order chi connectivity index (χ1) is 13.7. The number of amides is 1. The van der Waals surface area contributed by atoms with E-state index in [9.17, 15) is 4.79 Å². The second-order valence-corrected chi connectivity index (χ2v) is 6.35. The number of hydrogen-bond donors (Lipinski definition) is 2. The first-order valence-electron chi connectivity index (χ1n) is 9.64. The van der Waals surface area contributed by atoms with E-state index in [1.54, 1.807) is 13.3 Å². The maximum absolute atomic E-state index is 11.8. The maximum Gasteiger partial charge on any atom is 0.259 e. The Hall–Kier alpha value is -3.02. The van der Waals surface area contributed by atoms with Crippen LogP contribution < -0.4 is 20.2 Å². The van der Waals surface area contributed by atoms with Gasteiger partial charge >= 0.3 is 0 Å². The average Bonchev–Trinajstić information content (AvgIpc) is 2.73. The summed E-state index contributed by atoms with van der Waals surface area (Å²) >= 11 is 0. The van der Waals surface area contributed by atoms with Gasteiger partial charge in [0.2, 0.25) is 0 Å². The number of ether oxygens (including phenoxy) is 2. The first kappa shape index (κ1) is 21.3. The van der Waals surface area contributed by atoms with Crippen LogP contribution in [0.4, 0.5) is 5.69 Å². The van der Waals surface area contributed by atoms with Crippen molar-refractivity contribution in [3.63, 3.8) is 0 Å². The normalized spacial score (nSPS) is 10.6. The monoisotopic (exact) mass is 383 g/mol. The van der Waals surface area contributed by atoms with E-state index in [0.29, 0.717) is 0 Å². The molecule has 0 spiro atoms. The van der Waals surface area contributed by atoms with E-state index in [1.165, 1.54) is 19.3 Å². The Balaban J connectivity index is 1.67. The number of hydrazone groups is 1. The van der Waals surface area contributed by atoms with Crippen LogP contribution in [-0.4, -0.2) is 32.4 Å². The predicted octanol–water partition coefficient (Wildman–Crippen LogP) is 4.22. The van der Waals surface area contributed by atoms with E-state index in [2.05, 4.69) is 22.8 Å². The highest BCUT2D eigenvalue weighted by atomic mass is 16.5. The molecule has 0 saturated heterocycles. The molecule has 0 unspecified atom stereocenters. The summed E-state index contributed by atoms with van der Waals surface area (Å²) in [5, 5.41) is 7.01. The molecule has 0 fully saturated rings. The van der Waals surface area contributed by atoms with E-state index in [0.717, 1.165) is 35.8 Å². The molecule has 2 aromatic carbocycles. The van der Waals surface area contributed by atoms with Gasteiger partial charge in [0, 0.05) is 5.69 Å². The smallest absolute Gasteiger partial charge is 0.259 e. The molecular weight excluding hydrogens is 354 g/mol. The quantitative estimate of drug-likeness (QED) is 0.327. The van der Waals surface area contributed by atoms with Gasteiger partial charge in [-0.05, 0) is 60.5 Å². The number of carbonyl (C=O) groups is 1. The fourth-order valence-electron chi connectivity index (χ4n) is 2.48. The fraction of sp³-hybridized carbons (Fsp3) is 0.364. The summed E-state index contributed by atoms with van der Waals surface area (Å²) in [5.41, 5.74) is 4.23. The molecule has 0 heterocycles. The van der Waals surface area contributed by atoms with Crippen molar-refractivity contribution < 1.29 is 14.3 Å². The highest BCUT2D eigenvalue weighted by Gasteiger charge is 2.00. The van der Waals surface area contributed by atoms with E-state index < -0.39 is 0 Å². The standard InChI is InChI=1S/C22H29N3O3/c1-3-4-5-6-15-28-21-11-7-18(8-12-21)16-24-25-22(26)17-23-19-9-13-20(27-2)14-10-19/h7-14,16,23H,3-6,15,17H2,1-2H3,(H,25,26)/b24-16-. The molecule has 0 bridgehead atoms. The van der Waals surface area contributed by atoms with Crippen LogP contribution in [0.15, 0.2) is 53.6 Å². The minimum Gasteiger partial charge on any atom is -0.497 e. The van der Waals surface area contributed by atoms with Gasteiger partial charge in [0.05, 0.1) is 26.5 Å². The lowest BCUT2D eigenvalue weighted by molar-refractivity contribution is -0.119. The van der Waals surface area contributed by atoms with Gasteiger partial charge in [0.1, 0.15) is 11.5 Å². The predicted molar refractivity (Wildman–Crippen MR) is 113 cm³/mol. The van der Waals surface area contributed by atoms with E-state index >= 15 is 0 Å². The Labute approximate surface area is 166 Å². The number of methoxy groups -OCH3 is 1. The van der Waals surface area contributed by atoms with Crippen LogP contribution in [0.5, 0.6) is 11.5 Å². The van der Waals surface area contributed by atoms with E-state index in [-0.39, 0.29) is 12.5 Å². The molecular formula is C22H29N3O3. The van der Waals surface area contributed by atoms with Crippen LogP contribution in [0, 0.1) is 0 Å². The molecule has 2 aromatic rings. The molecule has 0 aliphatic rings. The lowest BCUT2D eigenvalue weighted by Gasteiger charge is -2.06. The molecule has 0 aliphatic carbocycles. The van der Waals surface area contributed by atoms with Crippen LogP contribution >= 0.6 is 0 Å². The molecule has 28 heavy (non-hydrogen) atoms. The van der Waals surface area contributed by atoms with Crippen LogP contribution in [-0.2, 0) is 4.79 Å². The van der Waals surface area contributed by atoms with Gasteiger partial charge < -0.3 is 14.8 Å². The highest BCUT2D eigenvalue weighted by Crippen LogP contribution is 2.14. The summed E-state index contributed by atoms with van der Waals surface area (Å²) in [6, 6.07) is 15.0. The summed E-state index contributed by atoms with van der Waals surface area (Å²) in [6.07, 6.45) is 6.36. The van der Waals surface area contributed by atoms with Crippen molar-refractivity contribution in [2.75, 3.05) is 25.6 Å². The zero-order chi connectivity index (χ0) is 20.0. The molecule has 0 aliphatic heterocycles. The van der Waals surface area contributed by atoms with Crippen LogP contribution in [0.25, 0.3) is 0 Å². The number of anilines is 1. The third-order valence-electron chi connectivity index (χ3n) is 4.09. The minimum absolute atomic E-state index is 0.133. The van der Waals surface area contributed by atoms with E-state index in [1.807, 2.05) is 48.5 Å². The number of carbonyl (C=O) groups excluding carboxylic acids is 1. The Morgan fingerprint density at radius 2 is 1.71 bits per heavy atom. The topological polar surface area (TPSA) is 72.0 Å². The van der Waals surface area contributed by atoms with Gasteiger partial charge in [-0.3, -0.25) is 4.79 Å². The number of hydrogen-bond acceptors (Lipinski definition) is 5. The van der Waals surface area contributed by atoms with Crippen molar-refractivity contribution in [1.29, 1.82) is 0 Å². The fourth-order valence-corrected chi connectivity index (χ4v) is 2.48. The third-order valence-corrected chi connectivity index (χ3v) is 4.09. The van der Waals surface area contributed by atoms with Gasteiger partial charge in [-0.15, -0.1) is 0 Å². The van der Waals surface area contributed by atoms with Crippen molar-refractivity contribution in [2.45, 2.75) is 32.6 Å². The first-order valence-corrected chi connectivity index (χ1v) is 9.64. The second kappa shape index (κ2) is 12.4. The number of unbranched alkanes of at least 4 members (excludes halogenated alkanes) is 3. The molecule has 2 rings (SSSR count). The molecule has 0 radical (unpaired) electrons. The molecule has 0 atom stereocenters. The largest absolute Gasteiger partial charge is 0.497 e. The Morgan fingerprint density at radius 1 is 1.00 bits per heavy atom. The zero-order valence-corrected chi connectivity index (χ0v) is 16.6. The molecule has 2 N–H and O–H groups in total. The molecule has 6 nitrogen and oxygen atoms in total. The van der Waals surface area contributed by atoms with Crippen LogP contribution in [0.3, 0.4) is 0 Å². The summed E-state index contributed by atoms with van der Waals surface area (Å²) in [6.45, 7) is 3.07. The number of nitrogens with zero attached hydrogens (tertiary/aromatic N) is 1. The Kier molecular flexibility index (Phi) is 9.41. The number of benzene rings is 2. The van der Waals surface area contributed by atoms with Gasteiger partial charge in [-0.1, -0.05) is 26.2 Å². The van der Waals surface area contributed by atoms with Crippen molar-refractivity contribution in [3.05, 3.63) is 54.1 Å². The Bertz CT molecular complexity index is 728. The zero-order valence-electron chi connectivity index (χ0n) is 16.6. The molecule has 6 heteroatoms. The SMILES string of the molecule is CCCCCCOc1ccc(/C=N\NC(=O)CNc2ccc(OC)cc2)cc1. The summed E-state index contributed by atoms with van der Waals surface area (Å²) in [7, 11) is 1.61. The van der Waals surface area contributed by atoms with Crippen molar-refractivity contribution in [3.8, 4) is 11.5 Å². The maximum atomic E-state index is 11.8. The Morgan fingerprint density at radius 3 is 2.39 bits per heavy atom. The summed E-state index contributed by atoms with van der Waals surface area (Å²) in [5.74, 6) is 1.40. The van der Waals surface area contributed by atoms with Gasteiger partial charge in [-0.25, -0.2) is 5.43 Å². The molecule has 150 valence electrons. The minimum atomic E-state index is -0.223. The lowest BCUT2D eigenvalue weighted by atomic mass is 10.2. The van der Waals surface area contributed by atoms with Crippen LogP contribution in [0.2, 0.25) is 0 Å². The van der Waals surface area contributed by atoms with Gasteiger partial charge in [-0.2, -0.15) is 5.10 Å². The molecule has 0 aromatic heterocycles. The van der Waals surface area contributed by atoms with Crippen molar-refractivity contribution in [2.24, 2.45) is 5.10 Å². The van der Waals surface area contributed by atoms with Crippen molar-refractivity contribution >= 4 is 17.8 Å². The summed E-state index contributed by atoms with van der Waals surface area (Å²) in [4.78, 5) is 11.8. The number of nitrogens with one attached hydrogen (secondary N) is 2. The average molecular weight is 383 g/mol. The summed E-state index contributed by atoms with van der Waals surface area (Å²) < 4.78 is 10.8. The number of rotatable bonds is 12. The second-order valence-electron chi connectivity index (χ2n) is 6.35. The van der Waals surface area contributed by atoms with Gasteiger partial charge in [0.15, 0.2) is 0 Å². The van der Waals surface area contributed by atoms with Gasteiger partial charge in [0.25, 0.3) is 5.91 Å². The molecule has 1 amide bonds. The third kappa shape index (κ3) is 8.12. The highest BCUT2D eigenvalue weighted by molar-refractivity contribution is 5.84. The molecule has 0 saturated carbocycles. The van der Waals surface area contributed by atoms with Crippen LogP contribution in [0.1, 0.15) is 38.2 Å². The van der Waals surface area contributed by atoms with E-state index in [4.69, 9.17) is 9.47 Å². The lowest BCUT2D eigenvalue weighted by Crippen LogP contribution is -2.25. The van der Waals surface area contributed by atoms with Crippen molar-refractivity contribution in [1.82, 2.24) is 5.43 Å².